The Hall–Kier alpha value is -1.03. The largest absolute Gasteiger partial charge is 0.295 e. The van der Waals surface area contributed by atoms with Gasteiger partial charge in [-0.1, -0.05) is 6.58 Å². The summed E-state index contributed by atoms with van der Waals surface area (Å²) in [5.41, 5.74) is 0.618. The fourth-order valence-electron chi connectivity index (χ4n) is 0.399. The highest BCUT2D eigenvalue weighted by molar-refractivity contribution is 5.92. The number of hydrogen-bond donors (Lipinski definition) is 0. The molecule has 0 saturated heterocycles. The van der Waals surface area contributed by atoms with Gasteiger partial charge in [0.05, 0.1) is 0 Å². The van der Waals surface area contributed by atoms with Crippen molar-refractivity contribution in [1.29, 1.82) is 0 Å². The zero-order chi connectivity index (χ0) is 7.28. The zero-order valence-corrected chi connectivity index (χ0v) is 5.61. The fraction of sp³-hybridized carbons (Fsp3) is 0.375. The third kappa shape index (κ3) is 3.54. The van der Waals surface area contributed by atoms with Crippen LogP contribution in [0.25, 0.3) is 0 Å². The van der Waals surface area contributed by atoms with Crippen LogP contribution in [-0.4, -0.2) is 5.78 Å². The molecule has 0 spiro atoms. The highest BCUT2D eigenvalue weighted by atomic mass is 16.1. The van der Waals surface area contributed by atoms with Gasteiger partial charge >= 0.3 is 0 Å². The van der Waals surface area contributed by atoms with Gasteiger partial charge in [0.1, 0.15) is 0 Å². The topological polar surface area (TPSA) is 17.1 Å². The molecule has 0 aliphatic carbocycles. The third-order valence-corrected chi connectivity index (χ3v) is 1.07. The van der Waals surface area contributed by atoms with E-state index in [1.54, 1.807) is 0 Å². The Kier molecular flexibility index (Phi) is 3.46. The van der Waals surface area contributed by atoms with Crippen molar-refractivity contribution in [2.75, 3.05) is 0 Å². The first kappa shape index (κ1) is 7.97. The van der Waals surface area contributed by atoms with E-state index in [2.05, 4.69) is 12.5 Å². The molecule has 0 rings (SSSR count). The molecule has 1 heteroatoms. The molecule has 9 heavy (non-hydrogen) atoms. The lowest BCUT2D eigenvalue weighted by atomic mass is 10.1. The highest BCUT2D eigenvalue weighted by Crippen LogP contribution is 2.01. The van der Waals surface area contributed by atoms with Crippen LogP contribution in [0.2, 0.25) is 0 Å². The maximum absolute atomic E-state index is 10.5. The number of terminal acetylenes is 1. The van der Waals surface area contributed by atoms with Gasteiger partial charge in [0.2, 0.25) is 0 Å². The van der Waals surface area contributed by atoms with E-state index >= 15 is 0 Å². The van der Waals surface area contributed by atoms with Gasteiger partial charge in [0.15, 0.2) is 5.78 Å². The van der Waals surface area contributed by atoms with Crippen LogP contribution in [0.1, 0.15) is 19.8 Å². The van der Waals surface area contributed by atoms with E-state index in [4.69, 9.17) is 6.42 Å². The Balaban J connectivity index is 3.55. The maximum atomic E-state index is 10.5. The molecule has 0 aromatic carbocycles. The summed E-state index contributed by atoms with van der Waals surface area (Å²) in [7, 11) is 0. The molecule has 0 N–H and O–H groups in total. The average Bonchev–Trinajstić information content (AvgIpc) is 1.82. The van der Waals surface area contributed by atoms with Crippen LogP contribution < -0.4 is 0 Å². The molecular weight excluding hydrogens is 112 g/mol. The van der Waals surface area contributed by atoms with Crippen molar-refractivity contribution in [2.45, 2.75) is 19.8 Å². The second-order valence-electron chi connectivity index (χ2n) is 1.86. The lowest BCUT2D eigenvalue weighted by Gasteiger charge is -1.93. The van der Waals surface area contributed by atoms with Crippen molar-refractivity contribution in [1.82, 2.24) is 0 Å². The second-order valence-corrected chi connectivity index (χ2v) is 1.86. The molecule has 0 fully saturated rings. The molecule has 1 nitrogen and oxygen atoms in total. The SMILES string of the molecule is C#CCCC(=C)C(C)=O. The van der Waals surface area contributed by atoms with Gasteiger partial charge in [-0.05, 0) is 18.9 Å². The standard InChI is InChI=1S/C8H10O/c1-4-5-6-7(2)8(3)9/h1H,2,5-6H2,3H3. The lowest BCUT2D eigenvalue weighted by molar-refractivity contribution is -0.113. The molecule has 0 radical (unpaired) electrons. The van der Waals surface area contributed by atoms with Crippen molar-refractivity contribution in [2.24, 2.45) is 0 Å². The monoisotopic (exact) mass is 122 g/mol. The fourth-order valence-corrected chi connectivity index (χ4v) is 0.399. The maximum Gasteiger partial charge on any atom is 0.155 e. The van der Waals surface area contributed by atoms with E-state index in [0.717, 1.165) is 0 Å². The Morgan fingerprint density at radius 2 is 2.33 bits per heavy atom. The Bertz CT molecular complexity index is 160. The molecule has 48 valence electrons. The molecule has 0 aromatic heterocycles. The van der Waals surface area contributed by atoms with Gasteiger partial charge in [0.25, 0.3) is 0 Å². The molecule has 0 bridgehead atoms. The van der Waals surface area contributed by atoms with Crippen LogP contribution >= 0.6 is 0 Å². The summed E-state index contributed by atoms with van der Waals surface area (Å²) in [5, 5.41) is 0. The summed E-state index contributed by atoms with van der Waals surface area (Å²) < 4.78 is 0. The molecule has 0 aromatic rings. The van der Waals surface area contributed by atoms with Crippen molar-refractivity contribution in [3.05, 3.63) is 12.2 Å². The minimum absolute atomic E-state index is 0.0326. The number of Topliss-reactive ketones (excluding diaryl/α,β-unsaturated/α-hetero) is 1. The van der Waals surface area contributed by atoms with Crippen LogP contribution in [0.4, 0.5) is 0 Å². The van der Waals surface area contributed by atoms with E-state index in [1.807, 2.05) is 0 Å². The smallest absolute Gasteiger partial charge is 0.155 e. The summed E-state index contributed by atoms with van der Waals surface area (Å²) in [6, 6.07) is 0. The van der Waals surface area contributed by atoms with Crippen molar-refractivity contribution < 1.29 is 4.79 Å². The van der Waals surface area contributed by atoms with Gasteiger partial charge in [-0.3, -0.25) is 4.79 Å². The summed E-state index contributed by atoms with van der Waals surface area (Å²) in [6.07, 6.45) is 6.21. The van der Waals surface area contributed by atoms with Crippen LogP contribution in [0.3, 0.4) is 0 Å². The van der Waals surface area contributed by atoms with Crippen LogP contribution in [0.5, 0.6) is 0 Å². The predicted octanol–water partition coefficient (Wildman–Crippen LogP) is 1.54. The van der Waals surface area contributed by atoms with Crippen LogP contribution in [0, 0.1) is 12.3 Å². The minimum atomic E-state index is 0.0326. The van der Waals surface area contributed by atoms with E-state index in [-0.39, 0.29) is 5.78 Å². The molecular formula is C8H10O. The van der Waals surface area contributed by atoms with Crippen LogP contribution in [0.15, 0.2) is 12.2 Å². The summed E-state index contributed by atoms with van der Waals surface area (Å²) in [5.74, 6) is 2.47. The summed E-state index contributed by atoms with van der Waals surface area (Å²) >= 11 is 0. The summed E-state index contributed by atoms with van der Waals surface area (Å²) in [6.45, 7) is 5.05. The van der Waals surface area contributed by atoms with Crippen molar-refractivity contribution >= 4 is 5.78 Å². The third-order valence-electron chi connectivity index (χ3n) is 1.07. The Morgan fingerprint density at radius 3 is 2.67 bits per heavy atom. The van der Waals surface area contributed by atoms with Gasteiger partial charge in [0, 0.05) is 6.42 Å². The first-order chi connectivity index (χ1) is 4.18. The van der Waals surface area contributed by atoms with Crippen molar-refractivity contribution in [3.63, 3.8) is 0 Å². The first-order valence-electron chi connectivity index (χ1n) is 2.80. The van der Waals surface area contributed by atoms with Gasteiger partial charge in [-0.25, -0.2) is 0 Å². The number of rotatable bonds is 3. The minimum Gasteiger partial charge on any atom is -0.295 e. The normalized spacial score (nSPS) is 8.00. The molecule has 0 aliphatic rings. The molecule has 0 amide bonds. The lowest BCUT2D eigenvalue weighted by Crippen LogP contribution is -1.93. The van der Waals surface area contributed by atoms with Gasteiger partial charge in [-0.15, -0.1) is 12.3 Å². The highest BCUT2D eigenvalue weighted by Gasteiger charge is 1.96. The van der Waals surface area contributed by atoms with Crippen LogP contribution in [-0.2, 0) is 4.79 Å². The number of hydrogen-bond acceptors (Lipinski definition) is 1. The number of ketones is 1. The molecule has 0 heterocycles. The second kappa shape index (κ2) is 3.91. The summed E-state index contributed by atoms with van der Waals surface area (Å²) in [4.78, 5) is 10.5. The molecule has 0 aliphatic heterocycles. The van der Waals surface area contributed by atoms with E-state index in [1.165, 1.54) is 6.92 Å². The van der Waals surface area contributed by atoms with Gasteiger partial charge < -0.3 is 0 Å². The number of carbonyl (C=O) groups excluding carboxylic acids is 1. The van der Waals surface area contributed by atoms with Gasteiger partial charge in [-0.2, -0.15) is 0 Å². The van der Waals surface area contributed by atoms with E-state index in [9.17, 15) is 4.79 Å². The quantitative estimate of drug-likeness (QED) is 0.410. The predicted molar refractivity (Wildman–Crippen MR) is 37.9 cm³/mol. The van der Waals surface area contributed by atoms with Crippen molar-refractivity contribution in [3.8, 4) is 12.3 Å². The molecule has 0 saturated carbocycles. The zero-order valence-electron chi connectivity index (χ0n) is 5.61. The van der Waals surface area contributed by atoms with E-state index in [0.29, 0.717) is 18.4 Å². The number of allylic oxidation sites excluding steroid dienone is 1. The Morgan fingerprint density at radius 1 is 1.78 bits per heavy atom. The number of carbonyl (C=O) groups is 1. The van der Waals surface area contributed by atoms with E-state index < -0.39 is 0 Å². The first-order valence-corrected chi connectivity index (χ1v) is 2.80. The average molecular weight is 122 g/mol. The Labute approximate surface area is 55.8 Å². The molecule has 0 unspecified atom stereocenters. The molecule has 0 atom stereocenters.